The SMILES string of the molecule is C=CCC1=CC2CC1C1C(=O)N(c3ccc(Cc4ccc(N5C(=O)C6C7C=C(CC)C(C7)C6C5=O)cc4)cc3)C(=O)C21. The molecule has 2 aliphatic heterocycles. The van der Waals surface area contributed by atoms with Crippen LogP contribution >= 0.6 is 0 Å². The van der Waals surface area contributed by atoms with Crippen molar-refractivity contribution >= 4 is 35.0 Å². The summed E-state index contributed by atoms with van der Waals surface area (Å²) >= 11 is 0. The smallest absolute Gasteiger partial charge is 0.238 e. The molecule has 8 atom stereocenters. The second-order valence-corrected chi connectivity index (χ2v) is 13.0. The summed E-state index contributed by atoms with van der Waals surface area (Å²) in [6.45, 7) is 5.97. The number of hydrogen-bond donors (Lipinski definition) is 0. The van der Waals surface area contributed by atoms with Crippen LogP contribution in [0.25, 0.3) is 0 Å². The summed E-state index contributed by atoms with van der Waals surface area (Å²) in [4.78, 5) is 56.3. The number of benzene rings is 2. The standard InChI is InChI=1S/C36H34N2O4/c1-3-5-22-16-24-18-28(22)32-30(24)34(40)38(36(32)42)26-12-8-20(9-13-26)14-19-6-10-25(11-7-19)37-33(39)29-23-15-21(4-2)27(17-23)31(29)35(37)41/h3,6-13,15-16,23-24,27-32H,1,4-5,14,17-18H2,2H3. The number of amides is 4. The molecular weight excluding hydrogens is 524 g/mol. The Morgan fingerprint density at radius 3 is 1.55 bits per heavy atom. The van der Waals surface area contributed by atoms with Gasteiger partial charge in [0, 0.05) is 0 Å². The third kappa shape index (κ3) is 3.44. The van der Waals surface area contributed by atoms with Crippen LogP contribution in [0.5, 0.6) is 0 Å². The largest absolute Gasteiger partial charge is 0.274 e. The second-order valence-electron chi connectivity index (χ2n) is 13.0. The molecule has 4 fully saturated rings. The highest BCUT2D eigenvalue weighted by Crippen LogP contribution is 2.58. The second kappa shape index (κ2) is 9.22. The van der Waals surface area contributed by atoms with Crippen molar-refractivity contribution in [2.45, 2.75) is 39.0 Å². The first-order chi connectivity index (χ1) is 20.4. The lowest BCUT2D eigenvalue weighted by Gasteiger charge is -2.21. The molecule has 6 aliphatic rings. The maximum atomic E-state index is 13.4. The zero-order valence-corrected chi connectivity index (χ0v) is 23.7. The summed E-state index contributed by atoms with van der Waals surface area (Å²) in [7, 11) is 0. The molecule has 8 rings (SSSR count). The number of carbonyl (C=O) groups is 4. The van der Waals surface area contributed by atoms with Crippen LogP contribution in [-0.2, 0) is 25.6 Å². The monoisotopic (exact) mass is 558 g/mol. The first-order valence-corrected chi connectivity index (χ1v) is 15.3. The van der Waals surface area contributed by atoms with Crippen LogP contribution in [0.15, 0.2) is 84.5 Å². The third-order valence-electron chi connectivity index (χ3n) is 11.0. The van der Waals surface area contributed by atoms with Gasteiger partial charge in [0.05, 0.1) is 35.0 Å². The number of rotatable bonds is 7. The average Bonchev–Trinajstić information content (AvgIpc) is 3.82. The highest BCUT2D eigenvalue weighted by atomic mass is 16.2. The lowest BCUT2D eigenvalue weighted by atomic mass is 9.80. The summed E-state index contributed by atoms with van der Waals surface area (Å²) in [5, 5.41) is 0. The molecule has 2 aromatic rings. The van der Waals surface area contributed by atoms with Crippen LogP contribution in [0.2, 0.25) is 0 Å². The van der Waals surface area contributed by atoms with Crippen molar-refractivity contribution < 1.29 is 19.2 Å². The van der Waals surface area contributed by atoms with E-state index in [1.54, 1.807) is 0 Å². The van der Waals surface area contributed by atoms with Crippen molar-refractivity contribution in [1.82, 2.24) is 0 Å². The van der Waals surface area contributed by atoms with Gasteiger partial charge in [0.25, 0.3) is 0 Å². The van der Waals surface area contributed by atoms with E-state index in [4.69, 9.17) is 0 Å². The summed E-state index contributed by atoms with van der Waals surface area (Å²) < 4.78 is 0. The first kappa shape index (κ1) is 25.6. The van der Waals surface area contributed by atoms with E-state index in [9.17, 15) is 19.2 Å². The third-order valence-corrected chi connectivity index (χ3v) is 11.0. The molecule has 2 heterocycles. The van der Waals surface area contributed by atoms with E-state index in [1.807, 2.05) is 54.6 Å². The Labute approximate surface area is 245 Å². The minimum absolute atomic E-state index is 0.0456. The van der Waals surface area contributed by atoms with Crippen molar-refractivity contribution in [2.75, 3.05) is 9.80 Å². The topological polar surface area (TPSA) is 74.8 Å². The summed E-state index contributed by atoms with van der Waals surface area (Å²) in [5.41, 5.74) is 5.99. The quantitative estimate of drug-likeness (QED) is 0.326. The molecule has 0 N–H and O–H groups in total. The normalized spacial score (nSPS) is 33.9. The molecule has 4 bridgehead atoms. The van der Waals surface area contributed by atoms with Crippen molar-refractivity contribution in [3.63, 3.8) is 0 Å². The molecule has 2 saturated carbocycles. The number of carbonyl (C=O) groups excluding carboxylic acids is 4. The van der Waals surface area contributed by atoms with Gasteiger partial charge in [-0.25, -0.2) is 0 Å². The predicted molar refractivity (Wildman–Crippen MR) is 159 cm³/mol. The number of nitrogens with zero attached hydrogens (tertiary/aromatic N) is 2. The fourth-order valence-corrected chi connectivity index (χ4v) is 9.29. The Bertz CT molecular complexity index is 1620. The molecular formula is C36H34N2O4. The molecule has 8 unspecified atom stereocenters. The molecule has 0 radical (unpaired) electrons. The predicted octanol–water partition coefficient (Wildman–Crippen LogP) is 5.63. The molecule has 2 aromatic carbocycles. The molecule has 6 heteroatoms. The summed E-state index contributed by atoms with van der Waals surface area (Å²) in [6.07, 6.45) is 10.6. The van der Waals surface area contributed by atoms with E-state index in [0.29, 0.717) is 17.8 Å². The van der Waals surface area contributed by atoms with Gasteiger partial charge < -0.3 is 0 Å². The van der Waals surface area contributed by atoms with E-state index in [-0.39, 0.29) is 71.0 Å². The highest BCUT2D eigenvalue weighted by molar-refractivity contribution is 6.23. The Balaban J connectivity index is 0.952. The zero-order valence-electron chi connectivity index (χ0n) is 23.7. The number of hydrogen-bond acceptors (Lipinski definition) is 4. The van der Waals surface area contributed by atoms with Crippen molar-refractivity contribution in [2.24, 2.45) is 47.3 Å². The van der Waals surface area contributed by atoms with Gasteiger partial charge in [0.2, 0.25) is 23.6 Å². The minimum atomic E-state index is -0.241. The van der Waals surface area contributed by atoms with Gasteiger partial charge in [-0.2, -0.15) is 0 Å². The van der Waals surface area contributed by atoms with Crippen LogP contribution in [0.3, 0.4) is 0 Å². The van der Waals surface area contributed by atoms with Gasteiger partial charge in [-0.3, -0.25) is 29.0 Å². The zero-order chi connectivity index (χ0) is 28.9. The van der Waals surface area contributed by atoms with E-state index < -0.39 is 0 Å². The van der Waals surface area contributed by atoms with Gasteiger partial charge in [-0.1, -0.05) is 60.6 Å². The van der Waals surface area contributed by atoms with Crippen molar-refractivity contribution in [3.8, 4) is 0 Å². The van der Waals surface area contributed by atoms with Gasteiger partial charge in [0.15, 0.2) is 0 Å². The molecule has 0 aromatic heterocycles. The van der Waals surface area contributed by atoms with Crippen LogP contribution in [0.4, 0.5) is 11.4 Å². The van der Waals surface area contributed by atoms with Crippen molar-refractivity contribution in [1.29, 1.82) is 0 Å². The molecule has 6 nitrogen and oxygen atoms in total. The highest BCUT2D eigenvalue weighted by Gasteiger charge is 2.62. The van der Waals surface area contributed by atoms with E-state index in [1.165, 1.54) is 20.9 Å². The van der Waals surface area contributed by atoms with Crippen LogP contribution in [0.1, 0.15) is 43.7 Å². The minimum Gasteiger partial charge on any atom is -0.274 e. The molecule has 0 spiro atoms. The van der Waals surface area contributed by atoms with Gasteiger partial charge in [-0.05, 0) is 91.2 Å². The Kier molecular flexibility index (Phi) is 5.63. The Hall–Kier alpha value is -4.06. The summed E-state index contributed by atoms with van der Waals surface area (Å²) in [5.74, 6) is -0.373. The van der Waals surface area contributed by atoms with Crippen LogP contribution < -0.4 is 9.80 Å². The number of imide groups is 2. The molecule has 212 valence electrons. The average molecular weight is 559 g/mol. The number of fused-ring (bicyclic) bond motifs is 10. The maximum Gasteiger partial charge on any atom is 0.238 e. The number of allylic oxidation sites excluding steroid dienone is 5. The van der Waals surface area contributed by atoms with Crippen LogP contribution in [0, 0.1) is 47.3 Å². The maximum absolute atomic E-state index is 13.4. The molecule has 42 heavy (non-hydrogen) atoms. The fraction of sp³-hybridized carbons (Fsp3) is 0.389. The Morgan fingerprint density at radius 2 is 1.10 bits per heavy atom. The van der Waals surface area contributed by atoms with E-state index in [0.717, 1.165) is 36.8 Å². The van der Waals surface area contributed by atoms with E-state index >= 15 is 0 Å². The van der Waals surface area contributed by atoms with E-state index in [2.05, 4.69) is 25.7 Å². The lowest BCUT2D eigenvalue weighted by molar-refractivity contribution is -0.124. The van der Waals surface area contributed by atoms with Crippen molar-refractivity contribution in [3.05, 3.63) is 95.6 Å². The van der Waals surface area contributed by atoms with Crippen LogP contribution in [-0.4, -0.2) is 23.6 Å². The first-order valence-electron chi connectivity index (χ1n) is 15.3. The Morgan fingerprint density at radius 1 is 0.667 bits per heavy atom. The molecule has 4 aliphatic carbocycles. The van der Waals surface area contributed by atoms with Gasteiger partial charge in [0.1, 0.15) is 0 Å². The summed E-state index contributed by atoms with van der Waals surface area (Å²) in [6, 6.07) is 15.4. The van der Waals surface area contributed by atoms with Gasteiger partial charge in [-0.15, -0.1) is 6.58 Å². The molecule has 4 amide bonds. The molecule has 2 saturated heterocycles. The lowest BCUT2D eigenvalue weighted by Crippen LogP contribution is -2.33. The fourth-order valence-electron chi connectivity index (χ4n) is 9.29. The van der Waals surface area contributed by atoms with Gasteiger partial charge >= 0.3 is 0 Å². The number of anilines is 2.